The molecule has 0 bridgehead atoms. The summed E-state index contributed by atoms with van der Waals surface area (Å²) in [7, 11) is 1.70. The fraction of sp³-hybridized carbons (Fsp3) is 0.235. The minimum Gasteiger partial charge on any atom is -0.399 e. The number of allylic oxidation sites excluding steroid dienone is 6. The van der Waals surface area contributed by atoms with Crippen LogP contribution in [0.4, 0.5) is 5.95 Å². The summed E-state index contributed by atoms with van der Waals surface area (Å²) in [5.41, 5.74) is 14.8. The van der Waals surface area contributed by atoms with Gasteiger partial charge < -0.3 is 11.5 Å². The van der Waals surface area contributed by atoms with Crippen molar-refractivity contribution in [2.24, 2.45) is 10.7 Å². The molecule has 1 aliphatic carbocycles. The Morgan fingerprint density at radius 2 is 2.00 bits per heavy atom. The van der Waals surface area contributed by atoms with E-state index >= 15 is 0 Å². The molecule has 1 heterocycles. The average molecular weight is 332 g/mol. The first-order valence-corrected chi connectivity index (χ1v) is 7.63. The van der Waals surface area contributed by atoms with Gasteiger partial charge in [-0.1, -0.05) is 44.5 Å². The highest BCUT2D eigenvalue weighted by atomic mass is 35.5. The molecule has 6 heteroatoms. The van der Waals surface area contributed by atoms with Crippen molar-refractivity contribution < 1.29 is 0 Å². The summed E-state index contributed by atoms with van der Waals surface area (Å²) in [6.45, 7) is 8.06. The summed E-state index contributed by atoms with van der Waals surface area (Å²) in [4.78, 5) is 12.2. The Morgan fingerprint density at radius 1 is 1.35 bits per heavy atom. The molecule has 0 amide bonds. The molecule has 4 N–H and O–H groups in total. The number of rotatable bonds is 2. The number of aromatic nitrogens is 2. The van der Waals surface area contributed by atoms with Gasteiger partial charge in [0.1, 0.15) is 0 Å². The quantitative estimate of drug-likeness (QED) is 0.867. The van der Waals surface area contributed by atoms with Gasteiger partial charge in [-0.2, -0.15) is 0 Å². The van der Waals surface area contributed by atoms with E-state index in [1.807, 2.05) is 6.08 Å². The van der Waals surface area contributed by atoms with E-state index in [0.29, 0.717) is 22.0 Å². The van der Waals surface area contributed by atoms with Crippen LogP contribution >= 0.6 is 11.6 Å². The summed E-state index contributed by atoms with van der Waals surface area (Å²) in [5.74, 6) is 0.141. The summed E-state index contributed by atoms with van der Waals surface area (Å²) < 4.78 is 0. The van der Waals surface area contributed by atoms with Crippen molar-refractivity contribution >= 4 is 28.8 Å². The smallest absolute Gasteiger partial charge is 0.220 e. The Balaban J connectivity index is 0.000000816. The molecule has 0 spiro atoms. The molecule has 0 saturated heterocycles. The van der Waals surface area contributed by atoms with Crippen molar-refractivity contribution in [1.29, 1.82) is 0 Å². The molecule has 23 heavy (non-hydrogen) atoms. The van der Waals surface area contributed by atoms with E-state index in [1.165, 1.54) is 12.6 Å². The fourth-order valence-electron chi connectivity index (χ4n) is 1.87. The highest BCUT2D eigenvalue weighted by molar-refractivity contribution is 6.32. The molecular weight excluding hydrogens is 310 g/mol. The molecule has 0 aromatic carbocycles. The van der Waals surface area contributed by atoms with Gasteiger partial charge in [-0.25, -0.2) is 9.97 Å². The zero-order valence-corrected chi connectivity index (χ0v) is 14.4. The third kappa shape index (κ3) is 4.79. The number of hydrogen-bond acceptors (Lipinski definition) is 5. The maximum Gasteiger partial charge on any atom is 0.220 e. The second-order valence-electron chi connectivity index (χ2n) is 4.75. The van der Waals surface area contributed by atoms with Crippen LogP contribution in [-0.4, -0.2) is 22.7 Å². The van der Waals surface area contributed by atoms with Gasteiger partial charge >= 0.3 is 0 Å². The SMILES string of the molecule is C=C/C(=C1/C=C(N)C=CC1=NC)c1nc(N)ncc1Cl.CCC. The van der Waals surface area contributed by atoms with Crippen molar-refractivity contribution in [3.05, 3.63) is 59.1 Å². The van der Waals surface area contributed by atoms with Gasteiger partial charge in [0.15, 0.2) is 0 Å². The minimum absolute atomic E-state index is 0.141. The van der Waals surface area contributed by atoms with Crippen molar-refractivity contribution in [3.8, 4) is 0 Å². The first kappa shape index (κ1) is 18.6. The zero-order chi connectivity index (χ0) is 17.4. The lowest BCUT2D eigenvalue weighted by molar-refractivity contribution is 1.09. The normalized spacial score (nSPS) is 17.2. The summed E-state index contributed by atoms with van der Waals surface area (Å²) >= 11 is 6.14. The van der Waals surface area contributed by atoms with Crippen LogP contribution in [0.15, 0.2) is 53.3 Å². The van der Waals surface area contributed by atoms with Crippen LogP contribution in [0.25, 0.3) is 5.57 Å². The van der Waals surface area contributed by atoms with Crippen LogP contribution in [-0.2, 0) is 0 Å². The van der Waals surface area contributed by atoms with E-state index in [0.717, 1.165) is 11.3 Å². The first-order valence-electron chi connectivity index (χ1n) is 7.25. The van der Waals surface area contributed by atoms with E-state index in [9.17, 15) is 0 Å². The molecule has 1 aromatic rings. The number of aliphatic imine (C=N–C) groups is 1. The topological polar surface area (TPSA) is 90.2 Å². The van der Waals surface area contributed by atoms with E-state index in [-0.39, 0.29) is 5.95 Å². The summed E-state index contributed by atoms with van der Waals surface area (Å²) in [5, 5.41) is 0.388. The highest BCUT2D eigenvalue weighted by Gasteiger charge is 2.16. The molecule has 122 valence electrons. The van der Waals surface area contributed by atoms with E-state index in [1.54, 1.807) is 25.3 Å². The number of hydrogen-bond donors (Lipinski definition) is 2. The molecule has 0 unspecified atom stereocenters. The van der Waals surface area contributed by atoms with Crippen LogP contribution in [0, 0.1) is 0 Å². The van der Waals surface area contributed by atoms with E-state index < -0.39 is 0 Å². The monoisotopic (exact) mass is 331 g/mol. The van der Waals surface area contributed by atoms with Crippen LogP contribution in [0.5, 0.6) is 0 Å². The van der Waals surface area contributed by atoms with Crippen molar-refractivity contribution in [2.75, 3.05) is 12.8 Å². The second kappa shape index (κ2) is 8.90. The Morgan fingerprint density at radius 3 is 2.57 bits per heavy atom. The van der Waals surface area contributed by atoms with Crippen LogP contribution < -0.4 is 11.5 Å². The zero-order valence-electron chi connectivity index (χ0n) is 13.7. The molecule has 0 radical (unpaired) electrons. The molecule has 1 aromatic heterocycles. The van der Waals surface area contributed by atoms with Gasteiger partial charge in [-0.3, -0.25) is 4.99 Å². The number of nitrogens with two attached hydrogens (primary N) is 2. The maximum absolute atomic E-state index is 6.14. The maximum atomic E-state index is 6.14. The van der Waals surface area contributed by atoms with Gasteiger partial charge in [0.25, 0.3) is 0 Å². The van der Waals surface area contributed by atoms with Crippen LogP contribution in [0.3, 0.4) is 0 Å². The Labute approximate surface area is 142 Å². The third-order valence-corrected chi connectivity index (χ3v) is 3.05. The fourth-order valence-corrected chi connectivity index (χ4v) is 2.06. The Kier molecular flexibility index (Phi) is 7.22. The second-order valence-corrected chi connectivity index (χ2v) is 5.16. The largest absolute Gasteiger partial charge is 0.399 e. The summed E-state index contributed by atoms with van der Waals surface area (Å²) in [6.07, 6.45) is 9.76. The van der Waals surface area contributed by atoms with Crippen molar-refractivity contribution in [3.63, 3.8) is 0 Å². The number of anilines is 1. The number of nitrogen functional groups attached to an aromatic ring is 1. The Bertz CT molecular complexity index is 699. The average Bonchev–Trinajstić information content (AvgIpc) is 2.52. The molecule has 5 nitrogen and oxygen atoms in total. The number of nitrogens with zero attached hydrogens (tertiary/aromatic N) is 3. The molecular formula is C17H22ClN5. The lowest BCUT2D eigenvalue weighted by Gasteiger charge is -2.14. The van der Waals surface area contributed by atoms with Crippen LogP contribution in [0.2, 0.25) is 5.02 Å². The highest BCUT2D eigenvalue weighted by Crippen LogP contribution is 2.28. The number of halogens is 1. The first-order chi connectivity index (χ1) is 11.0. The molecule has 0 aliphatic heterocycles. The van der Waals surface area contributed by atoms with Gasteiger partial charge in [-0.15, -0.1) is 0 Å². The Hall–Kier alpha value is -2.40. The van der Waals surface area contributed by atoms with Crippen LogP contribution in [0.1, 0.15) is 26.0 Å². The predicted octanol–water partition coefficient (Wildman–Crippen LogP) is 3.55. The summed E-state index contributed by atoms with van der Waals surface area (Å²) in [6, 6.07) is 0. The minimum atomic E-state index is 0.141. The lowest BCUT2D eigenvalue weighted by atomic mass is 9.95. The van der Waals surface area contributed by atoms with E-state index in [4.69, 9.17) is 23.1 Å². The standard InChI is InChI=1S/C14H14ClN5.C3H8/c1-3-9(13-11(15)7-19-14(17)20-13)10-6-8(16)4-5-12(10)18-2;1-3-2/h3-7H,1,16H2,2H3,(H2,17,19,20);3H2,1-2H3/b10-9+,18-12?;. The van der Waals surface area contributed by atoms with Crippen molar-refractivity contribution in [1.82, 2.24) is 9.97 Å². The van der Waals surface area contributed by atoms with Gasteiger partial charge in [-0.05, 0) is 18.2 Å². The van der Waals surface area contributed by atoms with E-state index in [2.05, 4.69) is 35.4 Å². The molecule has 0 fully saturated rings. The van der Waals surface area contributed by atoms with Gasteiger partial charge in [0, 0.05) is 23.9 Å². The van der Waals surface area contributed by atoms with Gasteiger partial charge in [0.05, 0.1) is 22.6 Å². The third-order valence-electron chi connectivity index (χ3n) is 2.77. The molecule has 2 rings (SSSR count). The van der Waals surface area contributed by atoms with Gasteiger partial charge in [0.2, 0.25) is 5.95 Å². The lowest BCUT2D eigenvalue weighted by Crippen LogP contribution is -2.10. The molecule has 0 atom stereocenters. The van der Waals surface area contributed by atoms with Crippen molar-refractivity contribution in [2.45, 2.75) is 20.3 Å². The predicted molar refractivity (Wildman–Crippen MR) is 99.3 cm³/mol. The molecule has 1 aliphatic rings. The molecule has 0 saturated carbocycles.